The summed E-state index contributed by atoms with van der Waals surface area (Å²) in [7, 11) is -0.256. The first-order chi connectivity index (χ1) is 9.97. The van der Waals surface area contributed by atoms with Crippen LogP contribution in [0.4, 0.5) is 0 Å². The van der Waals surface area contributed by atoms with Crippen LogP contribution in [0, 0.1) is 5.92 Å². The van der Waals surface area contributed by atoms with Crippen molar-refractivity contribution in [3.05, 3.63) is 35.4 Å². The largest absolute Gasteiger partial charge is 0.334 e. The molecule has 0 radical (unpaired) electrons. The monoisotopic (exact) mass is 310 g/mol. The summed E-state index contributed by atoms with van der Waals surface area (Å²) in [6.45, 7) is 1.64. The van der Waals surface area contributed by atoms with Crippen LogP contribution in [0.15, 0.2) is 24.3 Å². The fourth-order valence-corrected chi connectivity index (χ4v) is 3.77. The number of ketones is 1. The molecule has 1 aliphatic rings. The van der Waals surface area contributed by atoms with Crippen molar-refractivity contribution in [1.82, 2.24) is 0 Å². The quantitative estimate of drug-likeness (QED) is 0.677. The molecule has 0 unspecified atom stereocenters. The lowest BCUT2D eigenvalue weighted by atomic mass is 9.89. The number of benzene rings is 1. The van der Waals surface area contributed by atoms with Crippen molar-refractivity contribution in [2.24, 2.45) is 5.92 Å². The molecule has 1 aromatic carbocycles. The van der Waals surface area contributed by atoms with Gasteiger partial charge in [0.05, 0.1) is 6.16 Å². The third-order valence-corrected chi connectivity index (χ3v) is 5.88. The molecule has 1 saturated carbocycles. The van der Waals surface area contributed by atoms with E-state index in [0.717, 1.165) is 11.1 Å². The molecule has 0 saturated heterocycles. The van der Waals surface area contributed by atoms with Crippen molar-refractivity contribution in [1.29, 1.82) is 0 Å². The molecule has 116 valence electrons. The molecule has 0 N–H and O–H groups in total. The van der Waals surface area contributed by atoms with E-state index in [1.807, 2.05) is 18.2 Å². The van der Waals surface area contributed by atoms with Crippen LogP contribution in [0.25, 0.3) is 0 Å². The molecule has 5 heteroatoms. The number of hydrogen-bond acceptors (Lipinski definition) is 4. The van der Waals surface area contributed by atoms with Crippen molar-refractivity contribution >= 4 is 13.4 Å². The van der Waals surface area contributed by atoms with Crippen LogP contribution in [0.3, 0.4) is 0 Å². The molecular formula is C16H23O4P. The standard InChI is InChI=1S/C16H23O4P/c1-12(17)9-16(14-7-8-14)15-6-4-5-13(10-15)11-21(18,19-2)20-3/h4-6,10,14,16H,7-9,11H2,1-3H3/t16-/m0/s1. The first kappa shape index (κ1) is 16.4. The predicted octanol–water partition coefficient (Wildman–Crippen LogP) is 4.15. The van der Waals surface area contributed by atoms with Crippen LogP contribution in [0.5, 0.6) is 0 Å². The van der Waals surface area contributed by atoms with E-state index >= 15 is 0 Å². The number of hydrogen-bond donors (Lipinski definition) is 0. The minimum atomic E-state index is -3.06. The van der Waals surface area contributed by atoms with E-state index in [1.165, 1.54) is 27.1 Å². The zero-order valence-electron chi connectivity index (χ0n) is 12.9. The summed E-state index contributed by atoms with van der Waals surface area (Å²) in [5, 5.41) is 0. The Morgan fingerprint density at radius 1 is 1.33 bits per heavy atom. The summed E-state index contributed by atoms with van der Waals surface area (Å²) in [5.74, 6) is 1.12. The molecule has 1 aromatic rings. The van der Waals surface area contributed by atoms with Crippen molar-refractivity contribution in [3.8, 4) is 0 Å². The molecule has 1 atom stereocenters. The van der Waals surface area contributed by atoms with Gasteiger partial charge in [0, 0.05) is 20.6 Å². The van der Waals surface area contributed by atoms with Gasteiger partial charge in [-0.15, -0.1) is 0 Å². The summed E-state index contributed by atoms with van der Waals surface area (Å²) in [6, 6.07) is 7.97. The highest BCUT2D eigenvalue weighted by atomic mass is 31.2. The van der Waals surface area contributed by atoms with Crippen molar-refractivity contribution < 1.29 is 18.4 Å². The topological polar surface area (TPSA) is 52.6 Å². The zero-order valence-corrected chi connectivity index (χ0v) is 13.8. The minimum absolute atomic E-state index is 0.219. The van der Waals surface area contributed by atoms with Gasteiger partial charge in [0.2, 0.25) is 0 Å². The summed E-state index contributed by atoms with van der Waals surface area (Å²) in [5.41, 5.74) is 2.08. The predicted molar refractivity (Wildman–Crippen MR) is 82.5 cm³/mol. The maximum atomic E-state index is 12.2. The summed E-state index contributed by atoms with van der Waals surface area (Å²) < 4.78 is 22.2. The van der Waals surface area contributed by atoms with E-state index < -0.39 is 7.60 Å². The second kappa shape index (κ2) is 6.87. The van der Waals surface area contributed by atoms with Crippen molar-refractivity contribution in [2.45, 2.75) is 38.3 Å². The molecule has 4 nitrogen and oxygen atoms in total. The second-order valence-corrected chi connectivity index (χ2v) is 8.00. The molecule has 0 aliphatic heterocycles. The average molecular weight is 310 g/mol. The molecule has 0 heterocycles. The highest BCUT2D eigenvalue weighted by Crippen LogP contribution is 2.50. The third-order valence-electron chi connectivity index (χ3n) is 4.01. The summed E-state index contributed by atoms with van der Waals surface area (Å²) in [6.07, 6.45) is 3.22. The molecule has 1 fully saturated rings. The summed E-state index contributed by atoms with van der Waals surface area (Å²) in [4.78, 5) is 11.5. The second-order valence-electron chi connectivity index (χ2n) is 5.73. The van der Waals surface area contributed by atoms with E-state index in [1.54, 1.807) is 6.92 Å². The number of Topliss-reactive ketones (excluding diaryl/α,β-unsaturated/α-hetero) is 1. The SMILES string of the molecule is COP(=O)(Cc1cccc([C@@H](CC(C)=O)C2CC2)c1)OC. The Hall–Kier alpha value is -0.960. The molecule has 0 spiro atoms. The lowest BCUT2D eigenvalue weighted by Crippen LogP contribution is -2.07. The summed E-state index contributed by atoms with van der Waals surface area (Å²) >= 11 is 0. The molecule has 2 rings (SSSR count). The number of carbonyl (C=O) groups is 1. The molecule has 0 amide bonds. The molecule has 0 bridgehead atoms. The highest BCUT2D eigenvalue weighted by Gasteiger charge is 2.33. The molecule has 0 aromatic heterocycles. The lowest BCUT2D eigenvalue weighted by molar-refractivity contribution is -0.117. The minimum Gasteiger partial charge on any atom is -0.312 e. The van der Waals surface area contributed by atoms with Gasteiger partial charge < -0.3 is 13.8 Å². The van der Waals surface area contributed by atoms with Gasteiger partial charge in [-0.25, -0.2) is 0 Å². The fourth-order valence-electron chi connectivity index (χ4n) is 2.71. The van der Waals surface area contributed by atoms with E-state index in [2.05, 4.69) is 6.07 Å². The maximum absolute atomic E-state index is 12.2. The zero-order chi connectivity index (χ0) is 15.5. The van der Waals surface area contributed by atoms with E-state index in [4.69, 9.17) is 9.05 Å². The Morgan fingerprint density at radius 2 is 2.00 bits per heavy atom. The normalized spacial score (nSPS) is 16.7. The highest BCUT2D eigenvalue weighted by molar-refractivity contribution is 7.52. The Balaban J connectivity index is 2.19. The van der Waals surface area contributed by atoms with Gasteiger partial charge in [-0.3, -0.25) is 4.57 Å². The van der Waals surface area contributed by atoms with Crippen LogP contribution in [0.1, 0.15) is 43.2 Å². The average Bonchev–Trinajstić information content (AvgIpc) is 3.29. The van der Waals surface area contributed by atoms with Gasteiger partial charge in [0.1, 0.15) is 5.78 Å². The first-order valence-electron chi connectivity index (χ1n) is 7.26. The Bertz CT molecular complexity index is 543. The Labute approximate surface area is 126 Å². The van der Waals surface area contributed by atoms with Crippen LogP contribution in [-0.4, -0.2) is 20.0 Å². The first-order valence-corrected chi connectivity index (χ1v) is 8.99. The molecule has 21 heavy (non-hydrogen) atoms. The van der Waals surface area contributed by atoms with Crippen LogP contribution in [-0.2, 0) is 24.6 Å². The fraction of sp³-hybridized carbons (Fsp3) is 0.562. The van der Waals surface area contributed by atoms with E-state index in [9.17, 15) is 9.36 Å². The maximum Gasteiger partial charge on any atom is 0.334 e. The van der Waals surface area contributed by atoms with Gasteiger partial charge in [0.25, 0.3) is 0 Å². The Kier molecular flexibility index (Phi) is 5.37. The van der Waals surface area contributed by atoms with Gasteiger partial charge in [0.15, 0.2) is 0 Å². The van der Waals surface area contributed by atoms with Crippen molar-refractivity contribution in [2.75, 3.05) is 14.2 Å². The number of rotatable bonds is 8. The van der Waals surface area contributed by atoms with Gasteiger partial charge in [-0.1, -0.05) is 24.3 Å². The van der Waals surface area contributed by atoms with E-state index in [-0.39, 0.29) is 17.9 Å². The van der Waals surface area contributed by atoms with Gasteiger partial charge >= 0.3 is 7.60 Å². The van der Waals surface area contributed by atoms with Crippen LogP contribution < -0.4 is 0 Å². The molecule has 1 aliphatic carbocycles. The van der Waals surface area contributed by atoms with Gasteiger partial charge in [-0.05, 0) is 42.7 Å². The third kappa shape index (κ3) is 4.50. The van der Waals surface area contributed by atoms with E-state index in [0.29, 0.717) is 12.3 Å². The number of carbonyl (C=O) groups excluding carboxylic acids is 1. The van der Waals surface area contributed by atoms with Gasteiger partial charge in [-0.2, -0.15) is 0 Å². The smallest absolute Gasteiger partial charge is 0.312 e. The Morgan fingerprint density at radius 3 is 2.52 bits per heavy atom. The molecular weight excluding hydrogens is 287 g/mol. The lowest BCUT2D eigenvalue weighted by Gasteiger charge is -2.18. The van der Waals surface area contributed by atoms with Crippen LogP contribution in [0.2, 0.25) is 0 Å². The van der Waals surface area contributed by atoms with Crippen LogP contribution >= 0.6 is 7.60 Å². The van der Waals surface area contributed by atoms with Crippen molar-refractivity contribution in [3.63, 3.8) is 0 Å².